The van der Waals surface area contributed by atoms with E-state index in [1.54, 1.807) is 0 Å². The SMILES string of the molecule is OC1COCC(O)Cc2ccccc2C1. The molecule has 2 rings (SSSR count). The van der Waals surface area contributed by atoms with Crippen LogP contribution in [0.4, 0.5) is 0 Å². The minimum atomic E-state index is -0.476. The monoisotopic (exact) mass is 208 g/mol. The van der Waals surface area contributed by atoms with Crippen LogP contribution in [0.15, 0.2) is 24.3 Å². The van der Waals surface area contributed by atoms with Crippen molar-refractivity contribution < 1.29 is 14.9 Å². The first-order chi connectivity index (χ1) is 7.25. The van der Waals surface area contributed by atoms with Crippen LogP contribution in [0.2, 0.25) is 0 Å². The minimum absolute atomic E-state index is 0.297. The number of aliphatic hydroxyl groups excluding tert-OH is 2. The first kappa shape index (κ1) is 10.6. The number of rotatable bonds is 0. The van der Waals surface area contributed by atoms with E-state index in [-0.39, 0.29) is 0 Å². The lowest BCUT2D eigenvalue weighted by atomic mass is 9.98. The Labute approximate surface area is 89.3 Å². The maximum absolute atomic E-state index is 9.67. The van der Waals surface area contributed by atoms with Crippen molar-refractivity contribution in [3.63, 3.8) is 0 Å². The molecule has 0 aliphatic carbocycles. The van der Waals surface area contributed by atoms with Gasteiger partial charge in [-0.05, 0) is 11.1 Å². The molecule has 0 radical (unpaired) electrons. The van der Waals surface area contributed by atoms with Crippen molar-refractivity contribution in [2.75, 3.05) is 13.2 Å². The third-order valence-corrected chi connectivity index (χ3v) is 2.65. The third kappa shape index (κ3) is 2.78. The zero-order chi connectivity index (χ0) is 10.7. The quantitative estimate of drug-likeness (QED) is 0.653. The molecule has 1 aromatic rings. The zero-order valence-corrected chi connectivity index (χ0v) is 8.60. The van der Waals surface area contributed by atoms with E-state index in [1.807, 2.05) is 24.3 Å². The van der Waals surface area contributed by atoms with Gasteiger partial charge in [-0.2, -0.15) is 0 Å². The van der Waals surface area contributed by atoms with Crippen LogP contribution in [-0.4, -0.2) is 35.6 Å². The largest absolute Gasteiger partial charge is 0.390 e. The average Bonchev–Trinajstić information content (AvgIpc) is 2.26. The molecule has 82 valence electrons. The fraction of sp³-hybridized carbons (Fsp3) is 0.500. The predicted molar refractivity (Wildman–Crippen MR) is 56.7 cm³/mol. The summed E-state index contributed by atoms with van der Waals surface area (Å²) < 4.78 is 5.21. The molecule has 0 saturated heterocycles. The van der Waals surface area contributed by atoms with E-state index in [0.717, 1.165) is 11.1 Å². The normalized spacial score (nSPS) is 27.3. The molecular formula is C12H16O3. The molecule has 0 amide bonds. The van der Waals surface area contributed by atoms with Gasteiger partial charge in [0.1, 0.15) is 0 Å². The van der Waals surface area contributed by atoms with E-state index >= 15 is 0 Å². The molecule has 3 heteroatoms. The molecule has 2 unspecified atom stereocenters. The van der Waals surface area contributed by atoms with Gasteiger partial charge in [0.05, 0.1) is 25.4 Å². The summed E-state index contributed by atoms with van der Waals surface area (Å²) in [6.07, 6.45) is 0.249. The summed E-state index contributed by atoms with van der Waals surface area (Å²) in [5.74, 6) is 0. The summed E-state index contributed by atoms with van der Waals surface area (Å²) in [4.78, 5) is 0. The first-order valence-corrected chi connectivity index (χ1v) is 5.26. The van der Waals surface area contributed by atoms with E-state index < -0.39 is 12.2 Å². The zero-order valence-electron chi connectivity index (χ0n) is 8.60. The van der Waals surface area contributed by atoms with Crippen molar-refractivity contribution >= 4 is 0 Å². The van der Waals surface area contributed by atoms with E-state index in [2.05, 4.69) is 0 Å². The number of hydrogen-bond donors (Lipinski definition) is 2. The smallest absolute Gasteiger partial charge is 0.0814 e. The summed E-state index contributed by atoms with van der Waals surface area (Å²) >= 11 is 0. The molecule has 0 aromatic heterocycles. The Morgan fingerprint density at radius 2 is 1.40 bits per heavy atom. The predicted octanol–water partition coefficient (Wildman–Crippen LogP) is 0.524. The lowest BCUT2D eigenvalue weighted by Gasteiger charge is -2.11. The number of fused-ring (bicyclic) bond motifs is 1. The highest BCUT2D eigenvalue weighted by molar-refractivity contribution is 5.28. The molecule has 0 saturated carbocycles. The third-order valence-electron chi connectivity index (χ3n) is 2.65. The molecule has 15 heavy (non-hydrogen) atoms. The Morgan fingerprint density at radius 3 is 1.87 bits per heavy atom. The van der Waals surface area contributed by atoms with Gasteiger partial charge in [-0.15, -0.1) is 0 Å². The molecule has 0 fully saturated rings. The van der Waals surface area contributed by atoms with Gasteiger partial charge in [-0.25, -0.2) is 0 Å². The van der Waals surface area contributed by atoms with Crippen molar-refractivity contribution in [3.8, 4) is 0 Å². The van der Waals surface area contributed by atoms with E-state index in [1.165, 1.54) is 0 Å². The molecule has 3 nitrogen and oxygen atoms in total. The lowest BCUT2D eigenvalue weighted by molar-refractivity contribution is -0.00385. The molecule has 1 heterocycles. The van der Waals surface area contributed by atoms with Crippen molar-refractivity contribution in [2.45, 2.75) is 25.0 Å². The maximum Gasteiger partial charge on any atom is 0.0814 e. The van der Waals surface area contributed by atoms with Gasteiger partial charge in [-0.3, -0.25) is 0 Å². The highest BCUT2D eigenvalue weighted by Crippen LogP contribution is 2.15. The second-order valence-electron chi connectivity index (χ2n) is 4.02. The van der Waals surface area contributed by atoms with Crippen LogP contribution in [0.5, 0.6) is 0 Å². The van der Waals surface area contributed by atoms with Crippen LogP contribution in [0.1, 0.15) is 11.1 Å². The van der Waals surface area contributed by atoms with E-state index in [4.69, 9.17) is 4.74 Å². The van der Waals surface area contributed by atoms with Crippen LogP contribution < -0.4 is 0 Å². The fourth-order valence-electron chi connectivity index (χ4n) is 1.92. The van der Waals surface area contributed by atoms with E-state index in [9.17, 15) is 10.2 Å². The number of aliphatic hydroxyl groups is 2. The number of benzene rings is 1. The average molecular weight is 208 g/mol. The van der Waals surface area contributed by atoms with Gasteiger partial charge >= 0.3 is 0 Å². The topological polar surface area (TPSA) is 49.7 Å². The highest BCUT2D eigenvalue weighted by Gasteiger charge is 2.15. The Hall–Kier alpha value is -0.900. The lowest BCUT2D eigenvalue weighted by Crippen LogP contribution is -2.21. The number of hydrogen-bond acceptors (Lipinski definition) is 3. The van der Waals surface area contributed by atoms with E-state index in [0.29, 0.717) is 26.1 Å². The Bertz CT molecular complexity index is 293. The molecule has 0 bridgehead atoms. The Balaban J connectivity index is 2.24. The van der Waals surface area contributed by atoms with Crippen molar-refractivity contribution in [2.24, 2.45) is 0 Å². The van der Waals surface area contributed by atoms with Gasteiger partial charge in [0, 0.05) is 12.8 Å². The Kier molecular flexibility index (Phi) is 3.36. The van der Waals surface area contributed by atoms with Crippen molar-refractivity contribution in [1.29, 1.82) is 0 Å². The second kappa shape index (κ2) is 4.75. The molecule has 1 aromatic carbocycles. The van der Waals surface area contributed by atoms with Crippen LogP contribution in [0.25, 0.3) is 0 Å². The van der Waals surface area contributed by atoms with Crippen LogP contribution >= 0.6 is 0 Å². The standard InChI is InChI=1S/C12H16O3/c13-11-5-9-3-1-2-4-10(9)6-12(14)8-15-7-11/h1-4,11-14H,5-8H2. The first-order valence-electron chi connectivity index (χ1n) is 5.26. The molecule has 2 N–H and O–H groups in total. The van der Waals surface area contributed by atoms with Gasteiger partial charge < -0.3 is 14.9 Å². The minimum Gasteiger partial charge on any atom is -0.390 e. The van der Waals surface area contributed by atoms with Gasteiger partial charge in [0.2, 0.25) is 0 Å². The fourth-order valence-corrected chi connectivity index (χ4v) is 1.92. The second-order valence-corrected chi connectivity index (χ2v) is 4.02. The summed E-state index contributed by atoms with van der Waals surface area (Å²) in [5, 5.41) is 19.3. The molecule has 0 spiro atoms. The van der Waals surface area contributed by atoms with Crippen molar-refractivity contribution in [3.05, 3.63) is 35.4 Å². The van der Waals surface area contributed by atoms with Crippen LogP contribution in [-0.2, 0) is 17.6 Å². The van der Waals surface area contributed by atoms with Crippen LogP contribution in [0.3, 0.4) is 0 Å². The molecule has 1 aliphatic heterocycles. The summed E-state index contributed by atoms with van der Waals surface area (Å²) in [5.41, 5.74) is 2.21. The van der Waals surface area contributed by atoms with Gasteiger partial charge in [-0.1, -0.05) is 24.3 Å². The highest BCUT2D eigenvalue weighted by atomic mass is 16.5. The summed E-state index contributed by atoms with van der Waals surface area (Å²) in [6, 6.07) is 7.90. The van der Waals surface area contributed by atoms with Crippen molar-refractivity contribution in [1.82, 2.24) is 0 Å². The maximum atomic E-state index is 9.67. The van der Waals surface area contributed by atoms with Crippen LogP contribution in [0, 0.1) is 0 Å². The summed E-state index contributed by atoms with van der Waals surface area (Å²) in [6.45, 7) is 0.594. The van der Waals surface area contributed by atoms with Gasteiger partial charge in [0.25, 0.3) is 0 Å². The van der Waals surface area contributed by atoms with Gasteiger partial charge in [0.15, 0.2) is 0 Å². The molecule has 1 aliphatic rings. The summed E-state index contributed by atoms with van der Waals surface area (Å²) in [7, 11) is 0. The Morgan fingerprint density at radius 1 is 0.933 bits per heavy atom. The number of ether oxygens (including phenoxy) is 1. The molecule has 2 atom stereocenters. The molecular weight excluding hydrogens is 192 g/mol.